The van der Waals surface area contributed by atoms with Crippen LogP contribution in [0, 0.1) is 6.92 Å². The minimum absolute atomic E-state index is 0.145. The van der Waals surface area contributed by atoms with E-state index in [9.17, 15) is 4.79 Å². The van der Waals surface area contributed by atoms with E-state index >= 15 is 0 Å². The second-order valence-electron chi connectivity index (χ2n) is 4.76. The molecule has 112 valence electrons. The van der Waals surface area contributed by atoms with Crippen molar-refractivity contribution in [2.75, 3.05) is 6.54 Å². The number of halogens is 1. The van der Waals surface area contributed by atoms with Crippen LogP contribution >= 0.6 is 23.4 Å². The molecule has 1 aromatic carbocycles. The molecule has 0 amide bonds. The Balaban J connectivity index is 2.22. The van der Waals surface area contributed by atoms with Crippen molar-refractivity contribution in [3.63, 3.8) is 0 Å². The average molecular weight is 324 g/mol. The van der Waals surface area contributed by atoms with Crippen molar-refractivity contribution in [1.29, 1.82) is 0 Å². The van der Waals surface area contributed by atoms with E-state index in [4.69, 9.17) is 11.6 Å². The predicted octanol–water partition coefficient (Wildman–Crippen LogP) is 3.55. The highest BCUT2D eigenvalue weighted by atomic mass is 35.5. The third-order valence-corrected chi connectivity index (χ3v) is 4.21. The fourth-order valence-electron chi connectivity index (χ4n) is 2.05. The monoisotopic (exact) mass is 323 g/mol. The molecular weight excluding hydrogens is 306 g/mol. The molecule has 0 radical (unpaired) electrons. The molecule has 21 heavy (non-hydrogen) atoms. The fourth-order valence-corrected chi connectivity index (χ4v) is 3.34. The van der Waals surface area contributed by atoms with Crippen molar-refractivity contribution in [2.45, 2.75) is 36.9 Å². The van der Waals surface area contributed by atoms with Gasteiger partial charge in [0.05, 0.1) is 0 Å². The number of benzene rings is 1. The molecule has 0 fully saturated rings. The lowest BCUT2D eigenvalue weighted by molar-refractivity contribution is 0.598. The molecular formula is C15H18ClN3OS. The van der Waals surface area contributed by atoms with Crippen LogP contribution in [-0.2, 0) is 0 Å². The van der Waals surface area contributed by atoms with E-state index in [0.717, 1.165) is 17.0 Å². The van der Waals surface area contributed by atoms with Gasteiger partial charge in [0.25, 0.3) is 5.56 Å². The number of nitrogens with zero attached hydrogens (tertiary/aromatic N) is 1. The molecule has 0 aliphatic rings. The van der Waals surface area contributed by atoms with Crippen LogP contribution in [0.5, 0.6) is 0 Å². The zero-order valence-electron chi connectivity index (χ0n) is 12.2. The van der Waals surface area contributed by atoms with Gasteiger partial charge in [0, 0.05) is 27.7 Å². The minimum Gasteiger partial charge on any atom is -0.310 e. The molecule has 0 aliphatic carbocycles. The summed E-state index contributed by atoms with van der Waals surface area (Å²) in [6.45, 7) is 6.83. The standard InChI is InChI=1S/C15H18ClN3OS/c1-4-17-10(3)12-6-5-11(8-13(12)16)21-15-18-9(2)7-14(20)19-15/h5-8,10,17H,4H2,1-3H3,(H,18,19,20). The normalized spacial score (nSPS) is 12.4. The molecule has 2 aromatic rings. The van der Waals surface area contributed by atoms with Crippen molar-refractivity contribution in [3.05, 3.63) is 50.9 Å². The Hall–Kier alpha value is -1.30. The Kier molecular flexibility index (Phi) is 5.45. The van der Waals surface area contributed by atoms with Crippen LogP contribution < -0.4 is 10.9 Å². The van der Waals surface area contributed by atoms with Gasteiger partial charge in [0.1, 0.15) is 0 Å². The molecule has 4 nitrogen and oxygen atoms in total. The van der Waals surface area contributed by atoms with E-state index in [1.54, 1.807) is 6.92 Å². The number of H-pyrrole nitrogens is 1. The summed E-state index contributed by atoms with van der Waals surface area (Å²) in [5.74, 6) is 0. The van der Waals surface area contributed by atoms with Crippen LogP contribution in [0.15, 0.2) is 39.1 Å². The van der Waals surface area contributed by atoms with E-state index in [2.05, 4.69) is 29.1 Å². The molecule has 0 saturated carbocycles. The first-order valence-electron chi connectivity index (χ1n) is 6.78. The highest BCUT2D eigenvalue weighted by Gasteiger charge is 2.10. The quantitative estimate of drug-likeness (QED) is 0.826. The lowest BCUT2D eigenvalue weighted by Gasteiger charge is -2.15. The molecule has 0 aliphatic heterocycles. The topological polar surface area (TPSA) is 57.8 Å². The summed E-state index contributed by atoms with van der Waals surface area (Å²) in [5, 5.41) is 4.62. The van der Waals surface area contributed by atoms with Crippen LogP contribution in [0.3, 0.4) is 0 Å². The Bertz CT molecular complexity index is 687. The first kappa shape index (κ1) is 16.1. The second kappa shape index (κ2) is 7.11. The van der Waals surface area contributed by atoms with Crippen molar-refractivity contribution in [2.24, 2.45) is 0 Å². The summed E-state index contributed by atoms with van der Waals surface area (Å²) in [4.78, 5) is 19.4. The van der Waals surface area contributed by atoms with Crippen molar-refractivity contribution in [3.8, 4) is 0 Å². The van der Waals surface area contributed by atoms with Gasteiger partial charge in [-0.2, -0.15) is 0 Å². The number of aromatic amines is 1. The zero-order chi connectivity index (χ0) is 15.4. The lowest BCUT2D eigenvalue weighted by atomic mass is 10.1. The van der Waals surface area contributed by atoms with Crippen molar-refractivity contribution in [1.82, 2.24) is 15.3 Å². The second-order valence-corrected chi connectivity index (χ2v) is 6.23. The molecule has 1 unspecified atom stereocenters. The maximum atomic E-state index is 11.4. The van der Waals surface area contributed by atoms with Gasteiger partial charge in [-0.05, 0) is 38.1 Å². The van der Waals surface area contributed by atoms with Gasteiger partial charge >= 0.3 is 0 Å². The van der Waals surface area contributed by atoms with Crippen LogP contribution in [-0.4, -0.2) is 16.5 Å². The minimum atomic E-state index is -0.145. The van der Waals surface area contributed by atoms with Gasteiger partial charge in [-0.1, -0.05) is 36.4 Å². The van der Waals surface area contributed by atoms with Gasteiger partial charge in [-0.25, -0.2) is 4.98 Å². The number of aryl methyl sites for hydroxylation is 1. The lowest BCUT2D eigenvalue weighted by Crippen LogP contribution is -2.17. The highest BCUT2D eigenvalue weighted by Crippen LogP contribution is 2.30. The van der Waals surface area contributed by atoms with Gasteiger partial charge < -0.3 is 10.3 Å². The van der Waals surface area contributed by atoms with Crippen molar-refractivity contribution < 1.29 is 0 Å². The van der Waals surface area contributed by atoms with Gasteiger partial charge in [0.15, 0.2) is 5.16 Å². The smallest absolute Gasteiger partial charge is 0.251 e. The van der Waals surface area contributed by atoms with Crippen LogP contribution in [0.2, 0.25) is 5.02 Å². The van der Waals surface area contributed by atoms with Gasteiger partial charge in [-0.15, -0.1) is 0 Å². The number of nitrogens with one attached hydrogen (secondary N) is 2. The molecule has 2 rings (SSSR count). The highest BCUT2D eigenvalue weighted by molar-refractivity contribution is 7.99. The Morgan fingerprint density at radius 3 is 2.81 bits per heavy atom. The average Bonchev–Trinajstić information content (AvgIpc) is 2.37. The third kappa shape index (κ3) is 4.33. The summed E-state index contributed by atoms with van der Waals surface area (Å²) in [6.07, 6.45) is 0. The Morgan fingerprint density at radius 1 is 1.43 bits per heavy atom. The molecule has 1 heterocycles. The summed E-state index contributed by atoms with van der Waals surface area (Å²) in [6, 6.07) is 7.57. The van der Waals surface area contributed by atoms with E-state index in [1.807, 2.05) is 18.2 Å². The van der Waals surface area contributed by atoms with E-state index in [-0.39, 0.29) is 11.6 Å². The van der Waals surface area contributed by atoms with Gasteiger partial charge in [-0.3, -0.25) is 4.79 Å². The molecule has 6 heteroatoms. The van der Waals surface area contributed by atoms with E-state index < -0.39 is 0 Å². The number of hydrogen-bond acceptors (Lipinski definition) is 4. The predicted molar refractivity (Wildman–Crippen MR) is 87.3 cm³/mol. The number of rotatable bonds is 5. The summed E-state index contributed by atoms with van der Waals surface area (Å²) < 4.78 is 0. The van der Waals surface area contributed by atoms with Crippen LogP contribution in [0.4, 0.5) is 0 Å². The first-order chi connectivity index (χ1) is 9.99. The number of aromatic nitrogens is 2. The zero-order valence-corrected chi connectivity index (χ0v) is 13.8. The Labute approximate surface area is 133 Å². The van der Waals surface area contributed by atoms with E-state index in [1.165, 1.54) is 17.8 Å². The van der Waals surface area contributed by atoms with Crippen molar-refractivity contribution >= 4 is 23.4 Å². The molecule has 0 spiro atoms. The maximum absolute atomic E-state index is 11.4. The summed E-state index contributed by atoms with van der Waals surface area (Å²) in [5.41, 5.74) is 1.62. The molecule has 1 atom stereocenters. The summed E-state index contributed by atoms with van der Waals surface area (Å²) >= 11 is 7.74. The number of hydrogen-bond donors (Lipinski definition) is 2. The largest absolute Gasteiger partial charge is 0.310 e. The first-order valence-corrected chi connectivity index (χ1v) is 7.97. The molecule has 2 N–H and O–H groups in total. The molecule has 0 saturated heterocycles. The van der Waals surface area contributed by atoms with Crippen LogP contribution in [0.25, 0.3) is 0 Å². The summed E-state index contributed by atoms with van der Waals surface area (Å²) in [7, 11) is 0. The third-order valence-electron chi connectivity index (χ3n) is 3.01. The van der Waals surface area contributed by atoms with Crippen LogP contribution in [0.1, 0.15) is 31.1 Å². The van der Waals surface area contributed by atoms with Gasteiger partial charge in [0.2, 0.25) is 0 Å². The SMILES string of the molecule is CCNC(C)c1ccc(Sc2nc(C)cc(=O)[nH]2)cc1Cl. The maximum Gasteiger partial charge on any atom is 0.251 e. The Morgan fingerprint density at radius 2 is 2.19 bits per heavy atom. The molecule has 1 aromatic heterocycles. The molecule has 0 bridgehead atoms. The van der Waals surface area contributed by atoms with E-state index in [0.29, 0.717) is 15.9 Å². The fraction of sp³-hybridized carbons (Fsp3) is 0.333.